The van der Waals surface area contributed by atoms with Gasteiger partial charge in [0.05, 0.1) is 30.5 Å². The minimum Gasteiger partial charge on any atom is -0.495 e. The third kappa shape index (κ3) is 4.29. The average Bonchev–Trinajstić information content (AvgIpc) is 3.35. The molecule has 0 unspecified atom stereocenters. The topological polar surface area (TPSA) is 98.9 Å². The van der Waals surface area contributed by atoms with Gasteiger partial charge in [-0.05, 0) is 43.3 Å². The van der Waals surface area contributed by atoms with Gasteiger partial charge in [0.15, 0.2) is 5.82 Å². The summed E-state index contributed by atoms with van der Waals surface area (Å²) in [6.07, 6.45) is 3.62. The molecule has 0 aliphatic rings. The number of amides is 1. The number of ether oxygens (including phenoxy) is 1. The second-order valence-electron chi connectivity index (χ2n) is 7.19. The number of halogens is 1. The van der Waals surface area contributed by atoms with Crippen LogP contribution in [0.25, 0.3) is 17.1 Å². The second-order valence-corrected chi connectivity index (χ2v) is 7.19. The van der Waals surface area contributed by atoms with Gasteiger partial charge >= 0.3 is 0 Å². The fraction of sp³-hybridized carbons (Fsp3) is 0.182. The van der Waals surface area contributed by atoms with E-state index in [9.17, 15) is 9.18 Å². The number of anilines is 3. The highest BCUT2D eigenvalue weighted by Crippen LogP contribution is 2.30. The van der Waals surface area contributed by atoms with Gasteiger partial charge in [-0.15, -0.1) is 5.10 Å². The lowest BCUT2D eigenvalue weighted by atomic mass is 10.1. The number of methoxy groups -OCH3 is 1. The highest BCUT2D eigenvalue weighted by molar-refractivity contribution is 5.89. The van der Waals surface area contributed by atoms with Gasteiger partial charge in [0.1, 0.15) is 11.6 Å². The zero-order valence-corrected chi connectivity index (χ0v) is 18.0. The van der Waals surface area contributed by atoms with Crippen molar-refractivity contribution in [2.45, 2.75) is 13.8 Å². The normalized spacial score (nSPS) is 10.8. The summed E-state index contributed by atoms with van der Waals surface area (Å²) in [6, 6.07) is 9.86. The molecule has 4 rings (SSSR count). The third-order valence-electron chi connectivity index (χ3n) is 4.72. The van der Waals surface area contributed by atoms with E-state index in [1.807, 2.05) is 35.9 Å². The number of rotatable bonds is 6. The Morgan fingerprint density at radius 1 is 1.19 bits per heavy atom. The number of nitrogens with zero attached hydrogens (tertiary/aromatic N) is 5. The summed E-state index contributed by atoms with van der Waals surface area (Å²) >= 11 is 0. The zero-order chi connectivity index (χ0) is 22.8. The first kappa shape index (κ1) is 21.0. The van der Waals surface area contributed by atoms with Gasteiger partial charge in [-0.2, -0.15) is 4.98 Å². The van der Waals surface area contributed by atoms with Crippen LogP contribution in [0.1, 0.15) is 12.6 Å². The van der Waals surface area contributed by atoms with Crippen molar-refractivity contribution in [1.29, 1.82) is 0 Å². The predicted octanol–water partition coefficient (Wildman–Crippen LogP) is 3.83. The molecule has 0 radical (unpaired) electrons. The quantitative estimate of drug-likeness (QED) is 0.478. The molecule has 0 aliphatic heterocycles. The van der Waals surface area contributed by atoms with Gasteiger partial charge in [0.25, 0.3) is 0 Å². The van der Waals surface area contributed by atoms with Gasteiger partial charge in [0, 0.05) is 31.4 Å². The Balaban J connectivity index is 1.63. The van der Waals surface area contributed by atoms with E-state index in [2.05, 4.69) is 25.7 Å². The summed E-state index contributed by atoms with van der Waals surface area (Å²) < 4.78 is 23.2. The largest absolute Gasteiger partial charge is 0.495 e. The highest BCUT2D eigenvalue weighted by Gasteiger charge is 2.15. The summed E-state index contributed by atoms with van der Waals surface area (Å²) in [4.78, 5) is 20.0. The van der Waals surface area contributed by atoms with E-state index in [4.69, 9.17) is 4.74 Å². The maximum Gasteiger partial charge on any atom is 0.226 e. The molecule has 0 fully saturated rings. The van der Waals surface area contributed by atoms with Crippen molar-refractivity contribution in [2.75, 3.05) is 17.7 Å². The summed E-state index contributed by atoms with van der Waals surface area (Å²) in [7, 11) is 3.30. The van der Waals surface area contributed by atoms with Crippen molar-refractivity contribution in [3.63, 3.8) is 0 Å². The molecular weight excluding hydrogens is 413 g/mol. The molecule has 0 saturated heterocycles. The second kappa shape index (κ2) is 8.50. The van der Waals surface area contributed by atoms with Crippen molar-refractivity contribution in [2.24, 2.45) is 7.05 Å². The number of carbonyl (C=O) groups excluding carboxylic acids is 1. The molecule has 0 saturated carbocycles. The fourth-order valence-electron chi connectivity index (χ4n) is 3.22. The molecule has 10 heteroatoms. The Kier molecular flexibility index (Phi) is 5.59. The van der Waals surface area contributed by atoms with Crippen molar-refractivity contribution in [3.05, 3.63) is 60.4 Å². The predicted molar refractivity (Wildman–Crippen MR) is 119 cm³/mol. The lowest BCUT2D eigenvalue weighted by molar-refractivity contribution is -0.114. The van der Waals surface area contributed by atoms with Crippen LogP contribution >= 0.6 is 0 Å². The van der Waals surface area contributed by atoms with Crippen molar-refractivity contribution < 1.29 is 13.9 Å². The van der Waals surface area contributed by atoms with Gasteiger partial charge in [-0.25, -0.2) is 14.1 Å². The Bertz CT molecular complexity index is 1300. The average molecular weight is 435 g/mol. The minimum atomic E-state index is -0.481. The van der Waals surface area contributed by atoms with Crippen molar-refractivity contribution in [1.82, 2.24) is 24.3 Å². The smallest absolute Gasteiger partial charge is 0.226 e. The van der Waals surface area contributed by atoms with Gasteiger partial charge in [-0.3, -0.25) is 4.79 Å². The van der Waals surface area contributed by atoms with E-state index >= 15 is 0 Å². The Morgan fingerprint density at radius 3 is 2.69 bits per heavy atom. The molecular formula is C22H22FN7O2. The van der Waals surface area contributed by atoms with Crippen LogP contribution in [0.4, 0.5) is 21.7 Å². The van der Waals surface area contributed by atoms with Crippen LogP contribution in [0.3, 0.4) is 0 Å². The van der Waals surface area contributed by atoms with Crippen molar-refractivity contribution in [3.8, 4) is 22.8 Å². The Hall–Kier alpha value is -4.21. The molecule has 0 atom stereocenters. The summed E-state index contributed by atoms with van der Waals surface area (Å²) in [5.41, 5.74) is 3.11. The summed E-state index contributed by atoms with van der Waals surface area (Å²) in [6.45, 7) is 3.30. The first-order chi connectivity index (χ1) is 15.3. The van der Waals surface area contributed by atoms with Crippen molar-refractivity contribution >= 4 is 23.2 Å². The van der Waals surface area contributed by atoms with E-state index in [-0.39, 0.29) is 11.6 Å². The first-order valence-corrected chi connectivity index (χ1v) is 9.78. The van der Waals surface area contributed by atoms with E-state index in [0.29, 0.717) is 23.2 Å². The molecule has 0 bridgehead atoms. The van der Waals surface area contributed by atoms with Gasteiger partial charge in [-0.1, -0.05) is 0 Å². The maximum absolute atomic E-state index is 14.3. The molecule has 4 aromatic rings. The van der Waals surface area contributed by atoms with Crippen LogP contribution in [0, 0.1) is 12.7 Å². The lowest BCUT2D eigenvalue weighted by Gasteiger charge is -2.10. The standard InChI is InChI=1S/C22H22FN7O2/c1-13-11-30(12-24-13)19-8-5-15(9-20(19)32-4)21-27-22(29(3)28-21)26-18-10-16(25-14(2)31)6-7-17(18)23/h5-12H,1-4H3,(H,25,31)(H,26,27,28). The molecule has 2 aromatic heterocycles. The molecule has 2 aromatic carbocycles. The summed E-state index contributed by atoms with van der Waals surface area (Å²) in [5, 5.41) is 10.00. The number of aromatic nitrogens is 5. The summed E-state index contributed by atoms with van der Waals surface area (Å²) in [5.74, 6) is 0.695. The molecule has 0 aliphatic carbocycles. The van der Waals surface area contributed by atoms with Crippen LogP contribution in [-0.4, -0.2) is 37.3 Å². The molecule has 0 spiro atoms. The highest BCUT2D eigenvalue weighted by atomic mass is 19.1. The number of carbonyl (C=O) groups is 1. The SMILES string of the molecule is COc1cc(-c2nc(Nc3cc(NC(C)=O)ccc3F)n(C)n2)ccc1-n1cnc(C)c1. The zero-order valence-electron chi connectivity index (χ0n) is 18.0. The number of hydrogen-bond donors (Lipinski definition) is 2. The number of hydrogen-bond acceptors (Lipinski definition) is 6. The molecule has 2 N–H and O–H groups in total. The van der Waals surface area contributed by atoms with Crippen LogP contribution in [-0.2, 0) is 11.8 Å². The fourth-order valence-corrected chi connectivity index (χ4v) is 3.22. The van der Waals surface area contributed by atoms with Crippen LogP contribution in [0.2, 0.25) is 0 Å². The van der Waals surface area contributed by atoms with E-state index in [0.717, 1.165) is 16.9 Å². The van der Waals surface area contributed by atoms with Gasteiger partial charge in [0.2, 0.25) is 11.9 Å². The Morgan fingerprint density at radius 2 is 2.00 bits per heavy atom. The molecule has 32 heavy (non-hydrogen) atoms. The minimum absolute atomic E-state index is 0.168. The molecule has 164 valence electrons. The Labute approximate surface area is 183 Å². The number of nitrogens with one attached hydrogen (secondary N) is 2. The van der Waals surface area contributed by atoms with E-state index in [1.54, 1.807) is 20.5 Å². The van der Waals surface area contributed by atoms with Gasteiger partial charge < -0.3 is 19.9 Å². The van der Waals surface area contributed by atoms with Crippen LogP contribution < -0.4 is 15.4 Å². The van der Waals surface area contributed by atoms with Crippen LogP contribution in [0.5, 0.6) is 5.75 Å². The third-order valence-corrected chi connectivity index (χ3v) is 4.72. The number of aryl methyl sites for hydroxylation is 2. The van der Waals surface area contributed by atoms with E-state index < -0.39 is 5.82 Å². The van der Waals surface area contributed by atoms with Crippen LogP contribution in [0.15, 0.2) is 48.9 Å². The molecule has 1 amide bonds. The molecule has 9 nitrogen and oxygen atoms in total. The first-order valence-electron chi connectivity index (χ1n) is 9.78. The lowest BCUT2D eigenvalue weighted by Crippen LogP contribution is -2.07. The molecule has 2 heterocycles. The van der Waals surface area contributed by atoms with E-state index in [1.165, 1.54) is 29.8 Å². The number of benzene rings is 2. The number of imidazole rings is 1. The monoisotopic (exact) mass is 435 g/mol. The maximum atomic E-state index is 14.3.